The second-order valence-corrected chi connectivity index (χ2v) is 4.78. The van der Waals surface area contributed by atoms with Crippen LogP contribution in [0.2, 0.25) is 0 Å². The summed E-state index contributed by atoms with van der Waals surface area (Å²) < 4.78 is 6.38. The molecule has 1 heterocycles. The van der Waals surface area contributed by atoms with Gasteiger partial charge in [-0.05, 0) is 24.6 Å². The summed E-state index contributed by atoms with van der Waals surface area (Å²) in [4.78, 5) is 0. The smallest absolute Gasteiger partial charge is 0.230 e. The highest BCUT2D eigenvalue weighted by Gasteiger charge is 2.07. The topological polar surface area (TPSA) is 51.0 Å². The number of aryl methyl sites for hydroxylation is 1. The predicted octanol–water partition coefficient (Wildman–Crippen LogP) is 2.99. The third-order valence-corrected chi connectivity index (χ3v) is 3.03. The lowest BCUT2D eigenvalue weighted by Crippen LogP contribution is -2.18. The number of nitrogens with one attached hydrogen (secondary N) is 1. The highest BCUT2D eigenvalue weighted by Crippen LogP contribution is 2.16. The van der Waals surface area contributed by atoms with Gasteiger partial charge < -0.3 is 9.73 Å². The van der Waals surface area contributed by atoms with Crippen molar-refractivity contribution in [2.75, 3.05) is 0 Å². The Morgan fingerprint density at radius 1 is 1.29 bits per heavy atom. The largest absolute Gasteiger partial charge is 0.424 e. The van der Waals surface area contributed by atoms with E-state index < -0.39 is 0 Å². The van der Waals surface area contributed by atoms with Crippen molar-refractivity contribution in [3.8, 4) is 0 Å². The molecule has 0 spiro atoms. The van der Waals surface area contributed by atoms with Crippen LogP contribution in [0.3, 0.4) is 0 Å². The summed E-state index contributed by atoms with van der Waals surface area (Å²) in [5.41, 5.74) is 1.23. The van der Waals surface area contributed by atoms with Gasteiger partial charge in [-0.15, -0.1) is 10.2 Å². The minimum Gasteiger partial charge on any atom is -0.424 e. The molecular weight excluding hydrogens is 282 g/mol. The second kappa shape index (κ2) is 5.42. The summed E-state index contributed by atoms with van der Waals surface area (Å²) in [5, 5.41) is 11.1. The number of halogens is 1. The molecule has 17 heavy (non-hydrogen) atoms. The maximum Gasteiger partial charge on any atom is 0.230 e. The third-order valence-electron chi connectivity index (χ3n) is 2.50. The predicted molar refractivity (Wildman–Crippen MR) is 68.4 cm³/mol. The van der Waals surface area contributed by atoms with Crippen LogP contribution >= 0.6 is 15.9 Å². The van der Waals surface area contributed by atoms with E-state index in [9.17, 15) is 0 Å². The summed E-state index contributed by atoms with van der Waals surface area (Å²) >= 11 is 3.42. The molecule has 0 saturated heterocycles. The first-order valence-electron chi connectivity index (χ1n) is 5.43. The van der Waals surface area contributed by atoms with E-state index >= 15 is 0 Å². The monoisotopic (exact) mass is 295 g/mol. The zero-order valence-electron chi connectivity index (χ0n) is 9.77. The molecule has 4 nitrogen and oxygen atoms in total. The van der Waals surface area contributed by atoms with Gasteiger partial charge >= 0.3 is 0 Å². The van der Waals surface area contributed by atoms with E-state index in [-0.39, 0.29) is 6.04 Å². The van der Waals surface area contributed by atoms with Gasteiger partial charge in [-0.1, -0.05) is 28.1 Å². The Kier molecular flexibility index (Phi) is 3.91. The van der Waals surface area contributed by atoms with Crippen molar-refractivity contribution in [3.63, 3.8) is 0 Å². The van der Waals surface area contributed by atoms with E-state index in [1.54, 1.807) is 6.92 Å². The molecule has 0 aliphatic rings. The van der Waals surface area contributed by atoms with E-state index in [1.165, 1.54) is 5.56 Å². The first kappa shape index (κ1) is 12.3. The summed E-state index contributed by atoms with van der Waals surface area (Å²) in [7, 11) is 0. The van der Waals surface area contributed by atoms with Gasteiger partial charge in [-0.2, -0.15) is 0 Å². The third kappa shape index (κ3) is 3.38. The van der Waals surface area contributed by atoms with Crippen LogP contribution in [0.5, 0.6) is 0 Å². The van der Waals surface area contributed by atoms with Crippen molar-refractivity contribution in [3.05, 3.63) is 46.1 Å². The average molecular weight is 296 g/mol. The molecule has 1 atom stereocenters. The first-order chi connectivity index (χ1) is 8.15. The molecule has 1 aromatic carbocycles. The Morgan fingerprint density at radius 2 is 2.00 bits per heavy atom. The van der Waals surface area contributed by atoms with Gasteiger partial charge in [0.15, 0.2) is 0 Å². The Bertz CT molecular complexity index is 481. The molecule has 0 unspecified atom stereocenters. The lowest BCUT2D eigenvalue weighted by Gasteiger charge is -2.12. The Morgan fingerprint density at radius 3 is 2.59 bits per heavy atom. The van der Waals surface area contributed by atoms with Crippen molar-refractivity contribution >= 4 is 15.9 Å². The molecule has 1 N–H and O–H groups in total. The standard InChI is InChI=1S/C12H14BrN3O/c1-8(10-3-5-11(13)6-4-10)14-7-12-16-15-9(2)17-12/h3-6,8,14H,7H2,1-2H3/t8-/m0/s1. The van der Waals surface area contributed by atoms with E-state index in [2.05, 4.69) is 50.5 Å². The lowest BCUT2D eigenvalue weighted by atomic mass is 10.1. The normalized spacial score (nSPS) is 12.6. The van der Waals surface area contributed by atoms with Crippen LogP contribution in [0.15, 0.2) is 33.2 Å². The number of benzene rings is 1. The number of hydrogen-bond donors (Lipinski definition) is 1. The molecular formula is C12H14BrN3O. The molecule has 2 aromatic rings. The fraction of sp³-hybridized carbons (Fsp3) is 0.333. The van der Waals surface area contributed by atoms with Crippen LogP contribution in [-0.4, -0.2) is 10.2 Å². The molecule has 1 aromatic heterocycles. The van der Waals surface area contributed by atoms with E-state index in [0.717, 1.165) is 4.47 Å². The van der Waals surface area contributed by atoms with Crippen LogP contribution < -0.4 is 5.32 Å². The molecule has 0 aliphatic heterocycles. The van der Waals surface area contributed by atoms with Crippen LogP contribution in [0.25, 0.3) is 0 Å². The van der Waals surface area contributed by atoms with E-state index in [4.69, 9.17) is 4.42 Å². The zero-order valence-corrected chi connectivity index (χ0v) is 11.4. The highest BCUT2D eigenvalue weighted by atomic mass is 79.9. The van der Waals surface area contributed by atoms with Gasteiger partial charge in [-0.25, -0.2) is 0 Å². The summed E-state index contributed by atoms with van der Waals surface area (Å²) in [6.45, 7) is 4.47. The highest BCUT2D eigenvalue weighted by molar-refractivity contribution is 9.10. The van der Waals surface area contributed by atoms with Crippen molar-refractivity contribution in [1.82, 2.24) is 15.5 Å². The average Bonchev–Trinajstić information content (AvgIpc) is 2.73. The minimum atomic E-state index is 0.246. The fourth-order valence-electron chi connectivity index (χ4n) is 1.52. The first-order valence-corrected chi connectivity index (χ1v) is 6.22. The molecule has 2 rings (SSSR count). The van der Waals surface area contributed by atoms with Crippen molar-refractivity contribution in [2.45, 2.75) is 26.4 Å². The van der Waals surface area contributed by atoms with Gasteiger partial charge in [-0.3, -0.25) is 0 Å². The van der Waals surface area contributed by atoms with Crippen LogP contribution in [0.1, 0.15) is 30.3 Å². The molecule has 0 aliphatic carbocycles. The van der Waals surface area contributed by atoms with Gasteiger partial charge in [0.1, 0.15) is 0 Å². The Hall–Kier alpha value is -1.20. The molecule has 0 fully saturated rings. The Balaban J connectivity index is 1.93. The van der Waals surface area contributed by atoms with Crippen molar-refractivity contribution < 1.29 is 4.42 Å². The van der Waals surface area contributed by atoms with Gasteiger partial charge in [0, 0.05) is 17.4 Å². The fourth-order valence-corrected chi connectivity index (χ4v) is 1.78. The zero-order chi connectivity index (χ0) is 12.3. The molecule has 0 amide bonds. The SMILES string of the molecule is Cc1nnc(CN[C@@H](C)c2ccc(Br)cc2)o1. The van der Waals surface area contributed by atoms with Gasteiger partial charge in [0.25, 0.3) is 0 Å². The molecule has 0 saturated carbocycles. The van der Waals surface area contributed by atoms with Crippen molar-refractivity contribution in [1.29, 1.82) is 0 Å². The van der Waals surface area contributed by atoms with Crippen LogP contribution in [0.4, 0.5) is 0 Å². The van der Waals surface area contributed by atoms with Crippen LogP contribution in [-0.2, 0) is 6.54 Å². The van der Waals surface area contributed by atoms with Crippen LogP contribution in [0, 0.1) is 6.92 Å². The quantitative estimate of drug-likeness (QED) is 0.942. The number of aromatic nitrogens is 2. The maximum absolute atomic E-state index is 5.30. The molecule has 5 heteroatoms. The van der Waals surface area contributed by atoms with E-state index in [1.807, 2.05) is 12.1 Å². The Labute approximate surface area is 109 Å². The second-order valence-electron chi connectivity index (χ2n) is 3.87. The summed E-state index contributed by atoms with van der Waals surface area (Å²) in [5.74, 6) is 1.21. The van der Waals surface area contributed by atoms with Gasteiger partial charge in [0.2, 0.25) is 11.8 Å². The summed E-state index contributed by atoms with van der Waals surface area (Å²) in [6.07, 6.45) is 0. The number of nitrogens with zero attached hydrogens (tertiary/aromatic N) is 2. The van der Waals surface area contributed by atoms with Crippen molar-refractivity contribution in [2.24, 2.45) is 0 Å². The maximum atomic E-state index is 5.30. The van der Waals surface area contributed by atoms with E-state index in [0.29, 0.717) is 18.3 Å². The molecule has 90 valence electrons. The summed E-state index contributed by atoms with van der Waals surface area (Å²) in [6, 6.07) is 8.48. The molecule has 0 bridgehead atoms. The molecule has 0 radical (unpaired) electrons. The minimum absolute atomic E-state index is 0.246. The lowest BCUT2D eigenvalue weighted by molar-refractivity contribution is 0.430. The number of rotatable bonds is 4. The van der Waals surface area contributed by atoms with Gasteiger partial charge in [0.05, 0.1) is 6.54 Å². The number of hydrogen-bond acceptors (Lipinski definition) is 4.